The highest BCUT2D eigenvalue weighted by Gasteiger charge is 2.42. The van der Waals surface area contributed by atoms with Crippen LogP contribution in [0.4, 0.5) is 0 Å². The van der Waals surface area contributed by atoms with Gasteiger partial charge < -0.3 is 4.74 Å². The number of sulfone groups is 1. The second kappa shape index (κ2) is 4.06. The number of nitrogens with zero attached hydrogens (tertiary/aromatic N) is 1. The number of carbonyl (C=O) groups excluding carboxylic acids is 1. The van der Waals surface area contributed by atoms with Crippen LogP contribution in [0.5, 0.6) is 0 Å². The zero-order valence-corrected chi connectivity index (χ0v) is 11.2. The van der Waals surface area contributed by atoms with Gasteiger partial charge in [0.05, 0.1) is 22.8 Å². The molecule has 1 aliphatic rings. The van der Waals surface area contributed by atoms with E-state index in [0.717, 1.165) is 0 Å². The molecule has 0 aromatic carbocycles. The highest BCUT2D eigenvalue weighted by atomic mass is 32.2. The van der Waals surface area contributed by atoms with Crippen molar-refractivity contribution in [3.05, 3.63) is 16.6 Å². The van der Waals surface area contributed by atoms with Gasteiger partial charge in [0, 0.05) is 11.8 Å². The van der Waals surface area contributed by atoms with E-state index in [1.165, 1.54) is 11.5 Å². The molecule has 7 heteroatoms. The molecule has 94 valence electrons. The maximum atomic E-state index is 11.8. The molecule has 0 aliphatic carbocycles. The Kier molecular flexibility index (Phi) is 2.99. The monoisotopic (exact) mass is 275 g/mol. The zero-order valence-electron chi connectivity index (χ0n) is 9.60. The molecule has 1 atom stereocenters. The number of rotatable bonds is 2. The van der Waals surface area contributed by atoms with Gasteiger partial charge in [0.25, 0.3) is 0 Å². The largest absolute Gasteiger partial charge is 0.455 e. The summed E-state index contributed by atoms with van der Waals surface area (Å²) < 4.78 is 32.1. The molecule has 0 spiro atoms. The predicted octanol–water partition coefficient (Wildman–Crippen LogP) is 1.19. The standard InChI is InChI=1S/C10H13NO4S2/c1-7-8(5-16-11-7)9(12)15-10(2)3-4-17(13,14)6-10/h5H,3-4,6H2,1-2H3. The third kappa shape index (κ3) is 2.66. The minimum absolute atomic E-state index is 0.0810. The van der Waals surface area contributed by atoms with Crippen molar-refractivity contribution in [2.45, 2.75) is 25.9 Å². The Hall–Kier alpha value is -0.950. The van der Waals surface area contributed by atoms with Crippen molar-refractivity contribution >= 4 is 27.3 Å². The van der Waals surface area contributed by atoms with Crippen molar-refractivity contribution in [3.8, 4) is 0 Å². The summed E-state index contributed by atoms with van der Waals surface area (Å²) in [5.74, 6) is -0.504. The minimum Gasteiger partial charge on any atom is -0.455 e. The Labute approximate surface area is 104 Å². The molecule has 0 amide bonds. The van der Waals surface area contributed by atoms with Crippen LogP contribution < -0.4 is 0 Å². The first-order valence-electron chi connectivity index (χ1n) is 5.16. The number of hydrogen-bond acceptors (Lipinski definition) is 6. The molecule has 1 saturated heterocycles. The molecule has 5 nitrogen and oxygen atoms in total. The van der Waals surface area contributed by atoms with Crippen molar-refractivity contribution in [3.63, 3.8) is 0 Å². The van der Waals surface area contributed by atoms with Crippen molar-refractivity contribution in [1.82, 2.24) is 4.37 Å². The third-order valence-electron chi connectivity index (χ3n) is 2.78. The summed E-state index contributed by atoms with van der Waals surface area (Å²) >= 11 is 1.18. The number of carbonyl (C=O) groups is 1. The van der Waals surface area contributed by atoms with Gasteiger partial charge in [-0.05, 0) is 25.4 Å². The molecule has 1 aromatic rings. The van der Waals surface area contributed by atoms with Gasteiger partial charge in [-0.15, -0.1) is 0 Å². The third-order valence-corrected chi connectivity index (χ3v) is 5.37. The van der Waals surface area contributed by atoms with E-state index in [4.69, 9.17) is 4.74 Å². The molecule has 1 unspecified atom stereocenters. The second-order valence-electron chi connectivity index (χ2n) is 4.50. The molecule has 1 aromatic heterocycles. The smallest absolute Gasteiger partial charge is 0.341 e. The van der Waals surface area contributed by atoms with Crippen LogP contribution >= 0.6 is 11.5 Å². The van der Waals surface area contributed by atoms with Crippen LogP contribution in [0, 0.1) is 6.92 Å². The minimum atomic E-state index is -3.07. The summed E-state index contributed by atoms with van der Waals surface area (Å²) in [4.78, 5) is 11.8. The van der Waals surface area contributed by atoms with Crippen molar-refractivity contribution in [2.24, 2.45) is 0 Å². The first-order valence-corrected chi connectivity index (χ1v) is 7.82. The first-order chi connectivity index (χ1) is 7.81. The molecule has 17 heavy (non-hydrogen) atoms. The lowest BCUT2D eigenvalue weighted by Crippen LogP contribution is -2.33. The van der Waals surface area contributed by atoms with Crippen LogP contribution in [0.2, 0.25) is 0 Å². The average Bonchev–Trinajstić information content (AvgIpc) is 2.70. The van der Waals surface area contributed by atoms with Crippen molar-refractivity contribution in [1.29, 1.82) is 0 Å². The van der Waals surface area contributed by atoms with Crippen LogP contribution in [0.25, 0.3) is 0 Å². The van der Waals surface area contributed by atoms with E-state index in [9.17, 15) is 13.2 Å². The number of hydrogen-bond donors (Lipinski definition) is 0. The summed E-state index contributed by atoms with van der Waals surface area (Å²) in [5.41, 5.74) is 0.134. The maximum Gasteiger partial charge on any atom is 0.341 e. The van der Waals surface area contributed by atoms with Gasteiger partial charge in [-0.25, -0.2) is 13.2 Å². The Morgan fingerprint density at radius 1 is 1.59 bits per heavy atom. The van der Waals surface area contributed by atoms with E-state index >= 15 is 0 Å². The molecule has 0 radical (unpaired) electrons. The van der Waals surface area contributed by atoms with Gasteiger partial charge >= 0.3 is 5.97 Å². The van der Waals surface area contributed by atoms with E-state index < -0.39 is 21.4 Å². The van der Waals surface area contributed by atoms with Crippen LogP contribution in [0.15, 0.2) is 5.38 Å². The molecule has 1 aliphatic heterocycles. The van der Waals surface area contributed by atoms with Crippen LogP contribution in [0.3, 0.4) is 0 Å². The topological polar surface area (TPSA) is 73.3 Å². The van der Waals surface area contributed by atoms with Gasteiger partial charge in [0.2, 0.25) is 0 Å². The summed E-state index contributed by atoms with van der Waals surface area (Å²) in [6.45, 7) is 3.38. The zero-order chi connectivity index (χ0) is 12.7. The highest BCUT2D eigenvalue weighted by Crippen LogP contribution is 2.28. The Bertz CT molecular complexity index is 548. The lowest BCUT2D eigenvalue weighted by atomic mass is 10.1. The van der Waals surface area contributed by atoms with Crippen LogP contribution in [-0.2, 0) is 14.6 Å². The van der Waals surface area contributed by atoms with Gasteiger partial charge in [-0.2, -0.15) is 4.37 Å². The second-order valence-corrected chi connectivity index (χ2v) is 7.31. The summed E-state index contributed by atoms with van der Waals surface area (Å²) in [5, 5.41) is 1.62. The van der Waals surface area contributed by atoms with E-state index in [1.54, 1.807) is 19.2 Å². The lowest BCUT2D eigenvalue weighted by molar-refractivity contribution is 0.00227. The average molecular weight is 275 g/mol. The molecule has 2 rings (SSSR count). The molecule has 0 N–H and O–H groups in total. The fraction of sp³-hybridized carbons (Fsp3) is 0.600. The van der Waals surface area contributed by atoms with Gasteiger partial charge in [-0.3, -0.25) is 0 Å². The fourth-order valence-electron chi connectivity index (χ4n) is 1.83. The van der Waals surface area contributed by atoms with Gasteiger partial charge in [0.1, 0.15) is 5.60 Å². The SMILES string of the molecule is Cc1nscc1C(=O)OC1(C)CCS(=O)(=O)C1. The van der Waals surface area contributed by atoms with E-state index in [-0.39, 0.29) is 11.5 Å². The van der Waals surface area contributed by atoms with E-state index in [1.807, 2.05) is 0 Å². The summed E-state index contributed by atoms with van der Waals surface area (Å²) in [7, 11) is -3.07. The maximum absolute atomic E-state index is 11.8. The van der Waals surface area contributed by atoms with Crippen molar-refractivity contribution in [2.75, 3.05) is 11.5 Å². The first kappa shape index (κ1) is 12.5. The molecule has 2 heterocycles. The molecular weight excluding hydrogens is 262 g/mol. The van der Waals surface area contributed by atoms with Gasteiger partial charge in [-0.1, -0.05) is 0 Å². The summed E-state index contributed by atoms with van der Waals surface area (Å²) in [6.07, 6.45) is 0.359. The summed E-state index contributed by atoms with van der Waals surface area (Å²) in [6, 6.07) is 0. The Morgan fingerprint density at radius 2 is 2.29 bits per heavy atom. The van der Waals surface area contributed by atoms with Crippen molar-refractivity contribution < 1.29 is 17.9 Å². The molecule has 0 saturated carbocycles. The quantitative estimate of drug-likeness (QED) is 0.758. The molecule has 0 bridgehead atoms. The number of aryl methyl sites for hydroxylation is 1. The predicted molar refractivity (Wildman–Crippen MR) is 63.9 cm³/mol. The Balaban J connectivity index is 2.13. The normalized spacial score (nSPS) is 26.9. The van der Waals surface area contributed by atoms with E-state index in [2.05, 4.69) is 4.37 Å². The number of ether oxygens (including phenoxy) is 1. The van der Waals surface area contributed by atoms with Crippen LogP contribution in [-0.4, -0.2) is 35.9 Å². The number of esters is 1. The van der Waals surface area contributed by atoms with E-state index in [0.29, 0.717) is 17.7 Å². The molecular formula is C10H13NO4S2. The lowest BCUT2D eigenvalue weighted by Gasteiger charge is -2.22. The molecule has 1 fully saturated rings. The number of aromatic nitrogens is 1. The van der Waals surface area contributed by atoms with Gasteiger partial charge in [0.15, 0.2) is 9.84 Å². The Morgan fingerprint density at radius 3 is 2.76 bits per heavy atom. The highest BCUT2D eigenvalue weighted by molar-refractivity contribution is 7.91. The fourth-order valence-corrected chi connectivity index (χ4v) is 4.53. The van der Waals surface area contributed by atoms with Crippen LogP contribution in [0.1, 0.15) is 29.4 Å².